The molecule has 0 radical (unpaired) electrons. The molecule has 0 N–H and O–H groups in total. The largest absolute Gasteiger partial charge is 0.372 e. The summed E-state index contributed by atoms with van der Waals surface area (Å²) in [4.78, 5) is 13.8. The van der Waals surface area contributed by atoms with Crippen molar-refractivity contribution >= 4 is 45.6 Å². The van der Waals surface area contributed by atoms with Crippen molar-refractivity contribution in [3.8, 4) is 0 Å². The minimum Gasteiger partial charge on any atom is -0.372 e. The minimum absolute atomic E-state index is 0.0224. The molecule has 0 atom stereocenters. The van der Waals surface area contributed by atoms with Gasteiger partial charge in [0, 0.05) is 24.3 Å². The number of Topliss-reactive ketones (excluding diaryl/α,β-unsaturated/α-hetero) is 1. The smallest absolute Gasteiger partial charge is 0.159 e. The van der Waals surface area contributed by atoms with Crippen LogP contribution in [0.4, 0.5) is 39.8 Å². The Balaban J connectivity index is 1.14. The molecule has 4 aromatic carbocycles. The highest BCUT2D eigenvalue weighted by molar-refractivity contribution is 5.94. The summed E-state index contributed by atoms with van der Waals surface area (Å²) in [5.41, 5.74) is 6.27. The predicted molar refractivity (Wildman–Crippen MR) is 154 cm³/mol. The van der Waals surface area contributed by atoms with Crippen LogP contribution in [0.15, 0.2) is 128 Å². The molecule has 0 bridgehead atoms. The zero-order valence-electron chi connectivity index (χ0n) is 21.8. The van der Waals surface area contributed by atoms with Crippen LogP contribution in [0, 0.1) is 0 Å². The Morgan fingerprint density at radius 3 is 1.13 bits per heavy atom. The third kappa shape index (κ3) is 7.35. The molecule has 0 unspecified atom stereocenters. The van der Waals surface area contributed by atoms with Gasteiger partial charge < -0.3 is 4.90 Å². The van der Waals surface area contributed by atoms with Crippen molar-refractivity contribution in [2.75, 3.05) is 18.0 Å². The van der Waals surface area contributed by atoms with Crippen LogP contribution >= 0.6 is 0 Å². The van der Waals surface area contributed by atoms with Crippen LogP contribution in [0.3, 0.4) is 0 Å². The van der Waals surface area contributed by atoms with E-state index in [1.54, 1.807) is 24.3 Å². The van der Waals surface area contributed by atoms with Gasteiger partial charge in [-0.3, -0.25) is 4.79 Å². The highest BCUT2D eigenvalue weighted by Gasteiger charge is 2.10. The third-order valence-electron chi connectivity index (χ3n) is 6.39. The number of hydrogen-bond donors (Lipinski definition) is 0. The molecule has 1 heterocycles. The Morgan fingerprint density at radius 2 is 0.795 bits per heavy atom. The average molecular weight is 516 g/mol. The summed E-state index contributed by atoms with van der Waals surface area (Å²) in [6, 6.07) is 30.0. The molecule has 0 aromatic heterocycles. The van der Waals surface area contributed by atoms with Crippen molar-refractivity contribution in [3.63, 3.8) is 0 Å². The summed E-state index contributed by atoms with van der Waals surface area (Å²) in [6.45, 7) is 3.79. The fourth-order valence-corrected chi connectivity index (χ4v) is 4.16. The van der Waals surface area contributed by atoms with Gasteiger partial charge in [-0.25, -0.2) is 0 Å². The molecule has 0 saturated carbocycles. The van der Waals surface area contributed by atoms with E-state index in [0.717, 1.165) is 30.2 Å². The number of ketones is 1. The van der Waals surface area contributed by atoms with E-state index in [0.29, 0.717) is 22.6 Å². The molecule has 8 nitrogen and oxygen atoms in total. The molecule has 39 heavy (non-hydrogen) atoms. The van der Waals surface area contributed by atoms with Gasteiger partial charge in [0.1, 0.15) is 0 Å². The summed E-state index contributed by atoms with van der Waals surface area (Å²) in [6.07, 6.45) is 3.85. The summed E-state index contributed by atoms with van der Waals surface area (Å²) in [5, 5.41) is 25.7. The molecule has 0 aliphatic carbocycles. The van der Waals surface area contributed by atoms with Crippen LogP contribution in [0.1, 0.15) is 36.5 Å². The van der Waals surface area contributed by atoms with E-state index >= 15 is 0 Å². The Labute approximate surface area is 227 Å². The van der Waals surface area contributed by atoms with Crippen molar-refractivity contribution < 1.29 is 4.79 Å². The number of rotatable bonds is 8. The topological polar surface area (TPSA) is 94.5 Å². The van der Waals surface area contributed by atoms with E-state index in [1.165, 1.54) is 31.9 Å². The molecule has 0 spiro atoms. The third-order valence-corrected chi connectivity index (χ3v) is 6.39. The Kier molecular flexibility index (Phi) is 8.33. The van der Waals surface area contributed by atoms with Crippen LogP contribution in [-0.2, 0) is 0 Å². The molecule has 1 aliphatic rings. The first-order valence-electron chi connectivity index (χ1n) is 13.0. The fourth-order valence-electron chi connectivity index (χ4n) is 4.16. The minimum atomic E-state index is 0.0224. The second-order valence-corrected chi connectivity index (χ2v) is 9.30. The van der Waals surface area contributed by atoms with Crippen molar-refractivity contribution in [1.82, 2.24) is 0 Å². The lowest BCUT2D eigenvalue weighted by Crippen LogP contribution is -2.29. The lowest BCUT2D eigenvalue weighted by molar-refractivity contribution is 0.101. The van der Waals surface area contributed by atoms with Crippen molar-refractivity contribution in [1.29, 1.82) is 0 Å². The van der Waals surface area contributed by atoms with E-state index < -0.39 is 0 Å². The van der Waals surface area contributed by atoms with Gasteiger partial charge in [-0.2, -0.15) is 30.7 Å². The zero-order chi connectivity index (χ0) is 26.9. The molecular formula is C31H29N7O. The van der Waals surface area contributed by atoms with Gasteiger partial charge in [0.15, 0.2) is 5.78 Å². The molecule has 1 saturated heterocycles. The van der Waals surface area contributed by atoms with E-state index in [2.05, 4.69) is 47.7 Å². The van der Waals surface area contributed by atoms with E-state index in [9.17, 15) is 4.79 Å². The number of anilines is 1. The van der Waals surface area contributed by atoms with Crippen LogP contribution < -0.4 is 4.90 Å². The van der Waals surface area contributed by atoms with Gasteiger partial charge >= 0.3 is 0 Å². The lowest BCUT2D eigenvalue weighted by atomic mass is 10.1. The molecule has 8 heteroatoms. The molecule has 5 rings (SSSR count). The van der Waals surface area contributed by atoms with Gasteiger partial charge in [-0.05, 0) is 123 Å². The van der Waals surface area contributed by atoms with Gasteiger partial charge in [0.25, 0.3) is 0 Å². The quantitative estimate of drug-likeness (QED) is 0.172. The molecule has 1 fully saturated rings. The zero-order valence-corrected chi connectivity index (χ0v) is 21.8. The maximum Gasteiger partial charge on any atom is 0.159 e. The second kappa shape index (κ2) is 12.6. The number of azo groups is 3. The highest BCUT2D eigenvalue weighted by atomic mass is 16.1. The number of piperidine rings is 1. The van der Waals surface area contributed by atoms with Crippen molar-refractivity contribution in [2.24, 2.45) is 30.7 Å². The van der Waals surface area contributed by atoms with Crippen LogP contribution in [0.2, 0.25) is 0 Å². The van der Waals surface area contributed by atoms with Crippen LogP contribution in [0.25, 0.3) is 0 Å². The molecule has 4 aromatic rings. The first-order chi connectivity index (χ1) is 19.1. The monoisotopic (exact) mass is 515 g/mol. The fraction of sp³-hybridized carbons (Fsp3) is 0.194. The maximum absolute atomic E-state index is 11.4. The maximum atomic E-state index is 11.4. The summed E-state index contributed by atoms with van der Waals surface area (Å²) in [7, 11) is 0. The van der Waals surface area contributed by atoms with Crippen LogP contribution in [-0.4, -0.2) is 18.9 Å². The van der Waals surface area contributed by atoms with Crippen molar-refractivity contribution in [3.05, 3.63) is 103 Å². The SMILES string of the molecule is CC(=O)c1ccc(N=Nc2ccc(N=Nc3ccc(N=Nc4ccc(N5CCCCC5)cc4)cc3)cc2)cc1. The molecule has 0 amide bonds. The number of carbonyl (C=O) groups excluding carboxylic acids is 1. The first-order valence-corrected chi connectivity index (χ1v) is 13.0. The lowest BCUT2D eigenvalue weighted by Gasteiger charge is -2.28. The van der Waals surface area contributed by atoms with Gasteiger partial charge in [0.05, 0.1) is 34.1 Å². The summed E-state index contributed by atoms with van der Waals surface area (Å²) >= 11 is 0. The molecular weight excluding hydrogens is 486 g/mol. The number of hydrogen-bond acceptors (Lipinski definition) is 8. The number of carbonyl (C=O) groups is 1. The normalized spacial score (nSPS) is 14.0. The van der Waals surface area contributed by atoms with E-state index in [-0.39, 0.29) is 5.78 Å². The summed E-state index contributed by atoms with van der Waals surface area (Å²) < 4.78 is 0. The van der Waals surface area contributed by atoms with Crippen molar-refractivity contribution in [2.45, 2.75) is 26.2 Å². The Morgan fingerprint density at radius 1 is 0.487 bits per heavy atom. The second-order valence-electron chi connectivity index (χ2n) is 9.30. The Hall–Kier alpha value is -4.85. The first kappa shape index (κ1) is 25.8. The number of benzene rings is 4. The summed E-state index contributed by atoms with van der Waals surface area (Å²) in [5.74, 6) is 0.0224. The molecule has 1 aliphatic heterocycles. The van der Waals surface area contributed by atoms with Gasteiger partial charge in [0.2, 0.25) is 0 Å². The van der Waals surface area contributed by atoms with Gasteiger partial charge in [-0.15, -0.1) is 0 Å². The average Bonchev–Trinajstić information content (AvgIpc) is 3.00. The Bertz CT molecular complexity index is 1470. The number of nitrogens with zero attached hydrogens (tertiary/aromatic N) is 7. The standard InChI is InChI=1S/C31H29N7O/c1-23(39)24-5-7-25(8-6-24)32-33-26-9-11-27(12-10-26)34-35-28-13-15-29(16-14-28)36-37-30-17-19-31(20-18-30)38-21-3-2-4-22-38/h5-20H,2-4,21-22H2,1H3. The molecule has 194 valence electrons. The van der Waals surface area contributed by atoms with Crippen LogP contribution in [0.5, 0.6) is 0 Å². The van der Waals surface area contributed by atoms with Gasteiger partial charge in [-0.1, -0.05) is 0 Å². The van der Waals surface area contributed by atoms with E-state index in [1.807, 2.05) is 60.7 Å². The highest BCUT2D eigenvalue weighted by Crippen LogP contribution is 2.27. The van der Waals surface area contributed by atoms with E-state index in [4.69, 9.17) is 0 Å². The predicted octanol–water partition coefficient (Wildman–Crippen LogP) is 10.1.